The summed E-state index contributed by atoms with van der Waals surface area (Å²) in [7, 11) is 1.41. The number of hydrogen-bond acceptors (Lipinski definition) is 4. The van der Waals surface area contributed by atoms with Gasteiger partial charge in [0.2, 0.25) is 0 Å². The molecule has 2 aromatic carbocycles. The van der Waals surface area contributed by atoms with Gasteiger partial charge in [-0.1, -0.05) is 38.1 Å². The van der Waals surface area contributed by atoms with Crippen LogP contribution in [0, 0.1) is 17.6 Å². The quantitative estimate of drug-likeness (QED) is 0.572. The van der Waals surface area contributed by atoms with Crippen LogP contribution in [0.2, 0.25) is 0 Å². The van der Waals surface area contributed by atoms with Crippen LogP contribution in [0.15, 0.2) is 48.5 Å². The Morgan fingerprint density at radius 1 is 1.03 bits per heavy atom. The Labute approximate surface area is 183 Å². The van der Waals surface area contributed by atoms with Crippen LogP contribution in [0.5, 0.6) is 0 Å². The van der Waals surface area contributed by atoms with Gasteiger partial charge < -0.3 is 9.64 Å². The number of ether oxygens (including phenoxy) is 1. The molecule has 0 aromatic heterocycles. The lowest BCUT2D eigenvalue weighted by molar-refractivity contribution is -0.150. The molecule has 1 fully saturated rings. The number of carbonyl (C=O) groups is 1. The Morgan fingerprint density at radius 3 is 2.26 bits per heavy atom. The van der Waals surface area contributed by atoms with E-state index in [1.807, 2.05) is 26.0 Å². The number of piperazine rings is 1. The summed E-state index contributed by atoms with van der Waals surface area (Å²) in [6.45, 7) is 8.09. The smallest absolute Gasteiger partial charge is 0.316 e. The molecule has 0 saturated carbocycles. The zero-order valence-corrected chi connectivity index (χ0v) is 18.6. The van der Waals surface area contributed by atoms with Gasteiger partial charge in [0.05, 0.1) is 18.2 Å². The third kappa shape index (κ3) is 5.06. The minimum atomic E-state index is -0.808. The molecule has 1 aliphatic heterocycles. The second-order valence-corrected chi connectivity index (χ2v) is 8.51. The van der Waals surface area contributed by atoms with E-state index in [9.17, 15) is 13.6 Å². The van der Waals surface area contributed by atoms with Crippen LogP contribution in [0.3, 0.4) is 0 Å². The Bertz CT molecular complexity index is 864. The van der Waals surface area contributed by atoms with Crippen molar-refractivity contribution in [1.82, 2.24) is 4.90 Å². The van der Waals surface area contributed by atoms with E-state index in [4.69, 9.17) is 4.74 Å². The van der Waals surface area contributed by atoms with E-state index in [0.717, 1.165) is 44.7 Å². The van der Waals surface area contributed by atoms with Crippen LogP contribution < -0.4 is 4.90 Å². The van der Waals surface area contributed by atoms with Crippen molar-refractivity contribution in [2.45, 2.75) is 32.1 Å². The van der Waals surface area contributed by atoms with Gasteiger partial charge in [0.25, 0.3) is 0 Å². The number of esters is 1. The number of hydrogen-bond donors (Lipinski definition) is 0. The lowest BCUT2D eigenvalue weighted by Crippen LogP contribution is -2.47. The Kier molecular flexibility index (Phi) is 7.65. The van der Waals surface area contributed by atoms with Gasteiger partial charge in [0, 0.05) is 26.2 Å². The highest BCUT2D eigenvalue weighted by atomic mass is 19.1. The van der Waals surface area contributed by atoms with Crippen molar-refractivity contribution in [3.05, 3.63) is 65.7 Å². The number of para-hydroxylation sites is 1. The maximum atomic E-state index is 14.1. The van der Waals surface area contributed by atoms with Crippen molar-refractivity contribution in [3.8, 4) is 0 Å². The van der Waals surface area contributed by atoms with Crippen LogP contribution in [0.25, 0.3) is 0 Å². The molecule has 0 amide bonds. The van der Waals surface area contributed by atoms with Gasteiger partial charge >= 0.3 is 5.97 Å². The normalized spacial score (nSPS) is 16.9. The molecule has 0 spiro atoms. The standard InChI is InChI=1S/C25H32F2N2O2/c1-19(2)25(24(30)31-3,20-9-11-21(26)12-10-20)13-6-14-28-15-17-29(18-16-28)23-8-5-4-7-22(23)27/h4-5,7-12,19H,6,13-18H2,1-3H3. The minimum Gasteiger partial charge on any atom is -0.468 e. The number of methoxy groups -OCH3 is 1. The molecule has 0 bridgehead atoms. The van der Waals surface area contributed by atoms with E-state index in [2.05, 4.69) is 9.80 Å². The Hall–Kier alpha value is -2.47. The fourth-order valence-corrected chi connectivity index (χ4v) is 4.65. The second-order valence-electron chi connectivity index (χ2n) is 8.51. The first-order chi connectivity index (χ1) is 14.9. The number of rotatable bonds is 8. The lowest BCUT2D eigenvalue weighted by Gasteiger charge is -2.38. The number of carbonyl (C=O) groups excluding carboxylic acids is 1. The Morgan fingerprint density at radius 2 is 1.68 bits per heavy atom. The van der Waals surface area contributed by atoms with Crippen molar-refractivity contribution in [2.75, 3.05) is 44.7 Å². The summed E-state index contributed by atoms with van der Waals surface area (Å²) in [5.41, 5.74) is 0.639. The van der Waals surface area contributed by atoms with E-state index in [0.29, 0.717) is 12.1 Å². The molecule has 0 aliphatic carbocycles. The van der Waals surface area contributed by atoms with Crippen LogP contribution in [0.1, 0.15) is 32.3 Å². The molecule has 4 nitrogen and oxygen atoms in total. The fourth-order valence-electron chi connectivity index (χ4n) is 4.65. The molecular formula is C25H32F2N2O2. The number of benzene rings is 2. The average Bonchev–Trinajstić information content (AvgIpc) is 2.78. The molecule has 1 saturated heterocycles. The van der Waals surface area contributed by atoms with E-state index >= 15 is 0 Å². The van der Waals surface area contributed by atoms with Gasteiger partial charge in [0.15, 0.2) is 0 Å². The van der Waals surface area contributed by atoms with Crippen molar-refractivity contribution in [1.29, 1.82) is 0 Å². The van der Waals surface area contributed by atoms with Crippen LogP contribution in [0.4, 0.5) is 14.5 Å². The van der Waals surface area contributed by atoms with Gasteiger partial charge in [0.1, 0.15) is 11.6 Å². The van der Waals surface area contributed by atoms with Gasteiger partial charge in [-0.2, -0.15) is 0 Å². The fraction of sp³-hybridized carbons (Fsp3) is 0.480. The highest BCUT2D eigenvalue weighted by Gasteiger charge is 2.44. The molecule has 168 valence electrons. The molecule has 6 heteroatoms. The summed E-state index contributed by atoms with van der Waals surface area (Å²) in [5.74, 6) is -0.782. The third-order valence-electron chi connectivity index (χ3n) is 6.51. The SMILES string of the molecule is COC(=O)C(CCCN1CCN(c2ccccc2F)CC1)(c1ccc(F)cc1)C(C)C. The summed E-state index contributed by atoms with van der Waals surface area (Å²) in [6, 6.07) is 13.1. The first kappa shape index (κ1) is 23.2. The molecule has 1 aliphatic rings. The first-order valence-electron chi connectivity index (χ1n) is 10.9. The van der Waals surface area contributed by atoms with Crippen LogP contribution in [-0.4, -0.2) is 50.7 Å². The molecule has 1 heterocycles. The highest BCUT2D eigenvalue weighted by molar-refractivity contribution is 5.83. The van der Waals surface area contributed by atoms with Crippen molar-refractivity contribution in [2.24, 2.45) is 5.92 Å². The number of halogens is 2. The molecular weight excluding hydrogens is 398 g/mol. The topological polar surface area (TPSA) is 32.8 Å². The average molecular weight is 431 g/mol. The van der Waals surface area contributed by atoms with E-state index in [1.165, 1.54) is 25.3 Å². The van der Waals surface area contributed by atoms with Gasteiger partial charge in [-0.05, 0) is 55.1 Å². The number of nitrogens with zero attached hydrogens (tertiary/aromatic N) is 2. The Balaban J connectivity index is 1.63. The highest BCUT2D eigenvalue weighted by Crippen LogP contribution is 2.38. The maximum absolute atomic E-state index is 14.1. The molecule has 31 heavy (non-hydrogen) atoms. The second kappa shape index (κ2) is 10.2. The van der Waals surface area contributed by atoms with E-state index in [1.54, 1.807) is 18.2 Å². The summed E-state index contributed by atoms with van der Waals surface area (Å²) in [4.78, 5) is 17.3. The molecule has 1 unspecified atom stereocenters. The number of anilines is 1. The van der Waals surface area contributed by atoms with Gasteiger partial charge in [-0.15, -0.1) is 0 Å². The molecule has 0 radical (unpaired) electrons. The van der Waals surface area contributed by atoms with Crippen molar-refractivity contribution < 1.29 is 18.3 Å². The van der Waals surface area contributed by atoms with E-state index < -0.39 is 5.41 Å². The summed E-state index contributed by atoms with van der Waals surface area (Å²) < 4.78 is 32.7. The van der Waals surface area contributed by atoms with Crippen LogP contribution in [-0.2, 0) is 14.9 Å². The monoisotopic (exact) mass is 430 g/mol. The van der Waals surface area contributed by atoms with Crippen molar-refractivity contribution >= 4 is 11.7 Å². The van der Waals surface area contributed by atoms with Gasteiger partial charge in [-0.3, -0.25) is 9.69 Å². The predicted octanol–water partition coefficient (Wildman–Crippen LogP) is 4.63. The van der Waals surface area contributed by atoms with Gasteiger partial charge in [-0.25, -0.2) is 8.78 Å². The molecule has 0 N–H and O–H groups in total. The predicted molar refractivity (Wildman–Crippen MR) is 119 cm³/mol. The maximum Gasteiger partial charge on any atom is 0.316 e. The third-order valence-corrected chi connectivity index (χ3v) is 6.51. The summed E-state index contributed by atoms with van der Waals surface area (Å²) >= 11 is 0. The largest absolute Gasteiger partial charge is 0.468 e. The van der Waals surface area contributed by atoms with Crippen LogP contribution >= 0.6 is 0 Å². The van der Waals surface area contributed by atoms with E-state index in [-0.39, 0.29) is 23.5 Å². The summed E-state index contributed by atoms with van der Waals surface area (Å²) in [5, 5.41) is 0. The lowest BCUT2D eigenvalue weighted by atomic mass is 9.68. The molecule has 2 aromatic rings. The van der Waals surface area contributed by atoms with Crippen molar-refractivity contribution in [3.63, 3.8) is 0 Å². The summed E-state index contributed by atoms with van der Waals surface area (Å²) in [6.07, 6.45) is 1.43. The molecule has 1 atom stereocenters. The zero-order valence-electron chi connectivity index (χ0n) is 18.6. The zero-order chi connectivity index (χ0) is 22.4. The minimum absolute atomic E-state index is 0.00307. The first-order valence-corrected chi connectivity index (χ1v) is 10.9. The molecule has 3 rings (SSSR count).